The number of aliphatic hydroxyl groups excluding tert-OH is 1. The van der Waals surface area contributed by atoms with E-state index in [1.54, 1.807) is 0 Å². The van der Waals surface area contributed by atoms with Crippen molar-refractivity contribution in [2.75, 3.05) is 27.2 Å². The number of aliphatic hydroxyl groups is 1. The molecule has 1 N–H and O–H groups in total. The lowest BCUT2D eigenvalue weighted by Gasteiger charge is -2.05. The molecule has 0 unspecified atom stereocenters. The van der Waals surface area contributed by atoms with Gasteiger partial charge in [0.2, 0.25) is 0 Å². The molecular weight excluding hydrogens is 138 g/mol. The summed E-state index contributed by atoms with van der Waals surface area (Å²) in [6.07, 6.45) is 3.51. The van der Waals surface area contributed by atoms with Gasteiger partial charge in [-0.05, 0) is 33.5 Å². The van der Waals surface area contributed by atoms with Crippen LogP contribution < -0.4 is 0 Å². The third-order valence-electron chi connectivity index (χ3n) is 1.18. The maximum Gasteiger partial charge on any atom is 0.0428 e. The van der Waals surface area contributed by atoms with Crippen molar-refractivity contribution in [1.29, 1.82) is 0 Å². The molecule has 0 aliphatic rings. The van der Waals surface area contributed by atoms with Crippen molar-refractivity contribution in [3.63, 3.8) is 0 Å². The molecule has 2 heteroatoms. The molecule has 0 aliphatic heterocycles. The van der Waals surface area contributed by atoms with Gasteiger partial charge in [-0.2, -0.15) is 0 Å². The average Bonchev–Trinajstić information content (AvgIpc) is 2.01. The molecule has 0 rings (SSSR count). The van der Waals surface area contributed by atoms with Crippen molar-refractivity contribution in [2.24, 2.45) is 0 Å². The van der Waals surface area contributed by atoms with E-state index in [1.807, 2.05) is 6.92 Å². The summed E-state index contributed by atoms with van der Waals surface area (Å²) in [7, 11) is 4.21. The van der Waals surface area contributed by atoms with Crippen molar-refractivity contribution >= 4 is 0 Å². The fraction of sp³-hybridized carbons (Fsp3) is 1.00. The molecule has 0 fully saturated rings. The Morgan fingerprint density at radius 1 is 1.09 bits per heavy atom. The van der Waals surface area contributed by atoms with E-state index in [-0.39, 0.29) is 0 Å². The lowest BCUT2D eigenvalue weighted by Crippen LogP contribution is -2.12. The van der Waals surface area contributed by atoms with Crippen molar-refractivity contribution in [2.45, 2.75) is 33.1 Å². The van der Waals surface area contributed by atoms with Gasteiger partial charge in [0.1, 0.15) is 0 Å². The third kappa shape index (κ3) is 25.7. The number of hydrogen-bond acceptors (Lipinski definition) is 2. The van der Waals surface area contributed by atoms with Crippen LogP contribution in [0.1, 0.15) is 33.1 Å². The highest BCUT2D eigenvalue weighted by atomic mass is 16.2. The van der Waals surface area contributed by atoms with Gasteiger partial charge in [0.25, 0.3) is 0 Å². The zero-order valence-corrected chi connectivity index (χ0v) is 8.43. The van der Waals surface area contributed by atoms with E-state index < -0.39 is 0 Å². The summed E-state index contributed by atoms with van der Waals surface area (Å²) >= 11 is 0. The highest BCUT2D eigenvalue weighted by Gasteiger charge is 1.83. The van der Waals surface area contributed by atoms with Crippen molar-refractivity contribution in [1.82, 2.24) is 4.90 Å². The van der Waals surface area contributed by atoms with Crippen molar-refractivity contribution < 1.29 is 5.11 Å². The number of nitrogens with zero attached hydrogens (tertiary/aromatic N) is 1. The average molecular weight is 161 g/mol. The van der Waals surface area contributed by atoms with Crippen LogP contribution in [0.15, 0.2) is 0 Å². The second-order valence-corrected chi connectivity index (χ2v) is 2.88. The van der Waals surface area contributed by atoms with E-state index in [2.05, 4.69) is 25.9 Å². The lowest BCUT2D eigenvalue weighted by atomic mass is 10.3. The summed E-state index contributed by atoms with van der Waals surface area (Å²) in [4.78, 5) is 2.21. The summed E-state index contributed by atoms with van der Waals surface area (Å²) < 4.78 is 0. The van der Waals surface area contributed by atoms with Crippen LogP contribution in [0, 0.1) is 0 Å². The molecule has 70 valence electrons. The van der Waals surface area contributed by atoms with Crippen LogP contribution in [0.4, 0.5) is 0 Å². The summed E-state index contributed by atoms with van der Waals surface area (Å²) in [5, 5.41) is 7.88. The SMILES string of the molecule is CCCCN(C)C.CCCO. The molecule has 0 aromatic heterocycles. The van der Waals surface area contributed by atoms with Crippen LogP contribution in [-0.2, 0) is 0 Å². The van der Waals surface area contributed by atoms with Crippen LogP contribution in [0.25, 0.3) is 0 Å². The first-order chi connectivity index (χ1) is 5.18. The minimum absolute atomic E-state index is 0.319. The Hall–Kier alpha value is -0.0800. The first-order valence-corrected chi connectivity index (χ1v) is 4.44. The van der Waals surface area contributed by atoms with Crippen LogP contribution in [0.5, 0.6) is 0 Å². The minimum Gasteiger partial charge on any atom is -0.396 e. The second-order valence-electron chi connectivity index (χ2n) is 2.88. The summed E-state index contributed by atoms with van der Waals surface area (Å²) in [5.74, 6) is 0. The van der Waals surface area contributed by atoms with E-state index >= 15 is 0 Å². The minimum atomic E-state index is 0.319. The Morgan fingerprint density at radius 3 is 1.64 bits per heavy atom. The number of hydrogen-bond donors (Lipinski definition) is 1. The molecule has 0 spiro atoms. The maximum atomic E-state index is 7.88. The molecule has 0 bridgehead atoms. The molecule has 0 aromatic carbocycles. The molecule has 0 aromatic rings. The standard InChI is InChI=1S/C6H15N.C3H8O/c1-4-5-6-7(2)3;1-2-3-4/h4-6H2,1-3H3;4H,2-3H2,1H3. The molecule has 0 saturated heterocycles. The zero-order chi connectivity index (χ0) is 9.11. The van der Waals surface area contributed by atoms with E-state index in [1.165, 1.54) is 19.4 Å². The summed E-state index contributed by atoms with van der Waals surface area (Å²) in [6.45, 7) is 5.69. The molecular formula is C9H23NO. The zero-order valence-electron chi connectivity index (χ0n) is 8.43. The van der Waals surface area contributed by atoms with Crippen LogP contribution in [-0.4, -0.2) is 37.3 Å². The molecule has 2 nitrogen and oxygen atoms in total. The lowest BCUT2D eigenvalue weighted by molar-refractivity contribution is 0.295. The highest BCUT2D eigenvalue weighted by molar-refractivity contribution is 4.39. The van der Waals surface area contributed by atoms with Crippen LogP contribution in [0.2, 0.25) is 0 Å². The molecule has 0 aliphatic carbocycles. The monoisotopic (exact) mass is 161 g/mol. The van der Waals surface area contributed by atoms with Gasteiger partial charge in [-0.15, -0.1) is 0 Å². The van der Waals surface area contributed by atoms with Gasteiger partial charge < -0.3 is 10.0 Å². The van der Waals surface area contributed by atoms with Gasteiger partial charge in [0.15, 0.2) is 0 Å². The van der Waals surface area contributed by atoms with E-state index in [4.69, 9.17) is 5.11 Å². The van der Waals surface area contributed by atoms with Crippen LogP contribution >= 0.6 is 0 Å². The molecule has 0 amide bonds. The first kappa shape index (κ1) is 13.5. The largest absolute Gasteiger partial charge is 0.396 e. The second kappa shape index (κ2) is 12.6. The van der Waals surface area contributed by atoms with Crippen LogP contribution in [0.3, 0.4) is 0 Å². The molecule has 0 radical (unpaired) electrons. The fourth-order valence-electron chi connectivity index (χ4n) is 0.474. The summed E-state index contributed by atoms with van der Waals surface area (Å²) in [5.41, 5.74) is 0. The smallest absolute Gasteiger partial charge is 0.0428 e. The Labute approximate surface area is 71.2 Å². The Morgan fingerprint density at radius 2 is 1.55 bits per heavy atom. The predicted octanol–water partition coefficient (Wildman–Crippen LogP) is 1.74. The van der Waals surface area contributed by atoms with Gasteiger partial charge in [0, 0.05) is 6.61 Å². The van der Waals surface area contributed by atoms with E-state index in [9.17, 15) is 0 Å². The normalized spacial score (nSPS) is 9.27. The van der Waals surface area contributed by atoms with Gasteiger partial charge in [-0.1, -0.05) is 20.3 Å². The Kier molecular flexibility index (Phi) is 15.4. The molecule has 0 atom stereocenters. The molecule has 11 heavy (non-hydrogen) atoms. The van der Waals surface area contributed by atoms with Gasteiger partial charge in [-0.3, -0.25) is 0 Å². The van der Waals surface area contributed by atoms with E-state index in [0.29, 0.717) is 6.61 Å². The first-order valence-electron chi connectivity index (χ1n) is 4.44. The Balaban J connectivity index is 0. The van der Waals surface area contributed by atoms with Gasteiger partial charge >= 0.3 is 0 Å². The van der Waals surface area contributed by atoms with Crippen molar-refractivity contribution in [3.8, 4) is 0 Å². The van der Waals surface area contributed by atoms with Gasteiger partial charge in [-0.25, -0.2) is 0 Å². The quantitative estimate of drug-likeness (QED) is 0.679. The predicted molar refractivity (Wildman–Crippen MR) is 50.8 cm³/mol. The van der Waals surface area contributed by atoms with Gasteiger partial charge in [0.05, 0.1) is 0 Å². The maximum absolute atomic E-state index is 7.88. The topological polar surface area (TPSA) is 23.5 Å². The molecule has 0 saturated carbocycles. The summed E-state index contributed by atoms with van der Waals surface area (Å²) in [6, 6.07) is 0. The van der Waals surface area contributed by atoms with Crippen molar-refractivity contribution in [3.05, 3.63) is 0 Å². The Bertz CT molecular complexity index is 53.5. The number of rotatable bonds is 4. The number of unbranched alkanes of at least 4 members (excludes halogenated alkanes) is 1. The highest BCUT2D eigenvalue weighted by Crippen LogP contribution is 1.86. The fourth-order valence-corrected chi connectivity index (χ4v) is 0.474. The van der Waals surface area contributed by atoms with E-state index in [0.717, 1.165) is 6.42 Å². The molecule has 0 heterocycles. The third-order valence-corrected chi connectivity index (χ3v) is 1.18.